The summed E-state index contributed by atoms with van der Waals surface area (Å²) in [5.41, 5.74) is 0.251. The minimum atomic E-state index is -4.74. The molecule has 0 atom stereocenters. The van der Waals surface area contributed by atoms with Crippen LogP contribution in [0.4, 0.5) is 10.6 Å². The number of ether oxygens (including phenoxy) is 1. The van der Waals surface area contributed by atoms with Crippen LogP contribution in [0.3, 0.4) is 0 Å². The van der Waals surface area contributed by atoms with Crippen molar-refractivity contribution in [2.24, 2.45) is 7.05 Å². The van der Waals surface area contributed by atoms with Gasteiger partial charge in [-0.1, -0.05) is 0 Å². The molecule has 0 unspecified atom stereocenters. The quantitative estimate of drug-likeness (QED) is 0.429. The molecule has 2 heterocycles. The predicted molar refractivity (Wildman–Crippen MR) is 72.0 cm³/mol. The summed E-state index contributed by atoms with van der Waals surface area (Å²) in [7, 11) is -3.18. The number of aromatic nitrogens is 4. The van der Waals surface area contributed by atoms with E-state index in [4.69, 9.17) is 9.79 Å². The summed E-state index contributed by atoms with van der Waals surface area (Å²) in [5.74, 6) is -0.0288. The summed E-state index contributed by atoms with van der Waals surface area (Å²) in [6.45, 7) is 0.667. The van der Waals surface area contributed by atoms with Crippen LogP contribution < -0.4 is 10.9 Å². The first kappa shape index (κ1) is 16.1. The van der Waals surface area contributed by atoms with E-state index in [2.05, 4.69) is 29.9 Å². The zero-order valence-electron chi connectivity index (χ0n) is 11.4. The highest BCUT2D eigenvalue weighted by atomic mass is 31.2. The van der Waals surface area contributed by atoms with E-state index in [0.717, 1.165) is 0 Å². The highest BCUT2D eigenvalue weighted by Gasteiger charge is 2.18. The molecule has 2 aromatic rings. The summed E-state index contributed by atoms with van der Waals surface area (Å²) >= 11 is 0. The molecule has 2 aromatic heterocycles. The van der Waals surface area contributed by atoms with E-state index in [0.29, 0.717) is 5.69 Å². The lowest BCUT2D eigenvalue weighted by atomic mass is 10.3. The molecule has 22 heavy (non-hydrogen) atoms. The topological polar surface area (TPSA) is 169 Å². The molecule has 0 aliphatic carbocycles. The van der Waals surface area contributed by atoms with Crippen LogP contribution in [0.5, 0.6) is 0 Å². The van der Waals surface area contributed by atoms with Gasteiger partial charge in [-0.05, 0) is 6.92 Å². The number of carbonyl (C=O) groups excluding carboxylic acids is 1. The normalized spacial score (nSPS) is 11.6. The summed E-state index contributed by atoms with van der Waals surface area (Å²) < 4.78 is 20.2. The van der Waals surface area contributed by atoms with Gasteiger partial charge in [-0.3, -0.25) is 14.8 Å². The molecule has 12 nitrogen and oxygen atoms in total. The van der Waals surface area contributed by atoms with Crippen molar-refractivity contribution in [2.45, 2.75) is 6.92 Å². The number of rotatable bonds is 4. The summed E-state index contributed by atoms with van der Waals surface area (Å²) in [5, 5.41) is 12.4. The monoisotopic (exact) mass is 333 g/mol. The van der Waals surface area contributed by atoms with Crippen molar-refractivity contribution in [3.05, 3.63) is 16.0 Å². The smallest absolute Gasteiger partial charge is 0.421 e. The van der Waals surface area contributed by atoms with E-state index in [9.17, 15) is 14.2 Å². The summed E-state index contributed by atoms with van der Waals surface area (Å²) in [4.78, 5) is 40.1. The number of amides is 1. The van der Waals surface area contributed by atoms with Gasteiger partial charge in [-0.2, -0.15) is 10.2 Å². The number of anilines is 1. The average Bonchev–Trinajstić information content (AvgIpc) is 2.68. The van der Waals surface area contributed by atoms with Crippen molar-refractivity contribution in [1.82, 2.24) is 20.0 Å². The fourth-order valence-electron chi connectivity index (χ4n) is 1.79. The third-order valence-electron chi connectivity index (χ3n) is 2.57. The maximum atomic E-state index is 11.7. The lowest BCUT2D eigenvalue weighted by Gasteiger charge is -2.08. The third kappa shape index (κ3) is 3.49. The number of hydrogen-bond donors (Lipinski definition) is 4. The average molecular weight is 333 g/mol. The molecular formula is C9H12N5O7P. The Labute approximate surface area is 122 Å². The number of nitrogens with zero attached hydrogens (tertiary/aromatic N) is 3. The van der Waals surface area contributed by atoms with Crippen molar-refractivity contribution in [3.8, 4) is 0 Å². The van der Waals surface area contributed by atoms with E-state index in [1.165, 1.54) is 4.68 Å². The Balaban J connectivity index is 2.19. The Morgan fingerprint density at radius 2 is 2.18 bits per heavy atom. The highest BCUT2D eigenvalue weighted by Crippen LogP contribution is 2.35. The van der Waals surface area contributed by atoms with Gasteiger partial charge >= 0.3 is 13.9 Å². The Morgan fingerprint density at radius 1 is 1.50 bits per heavy atom. The van der Waals surface area contributed by atoms with Crippen LogP contribution >= 0.6 is 7.82 Å². The largest absolute Gasteiger partial charge is 0.472 e. The molecule has 13 heteroatoms. The minimum Gasteiger partial charge on any atom is -0.421 e. The number of aromatic amines is 1. The van der Waals surface area contributed by atoms with Crippen LogP contribution in [0.15, 0.2) is 4.79 Å². The number of aryl methyl sites for hydroxylation is 2. The van der Waals surface area contributed by atoms with Crippen LogP contribution in [0.1, 0.15) is 5.69 Å². The third-order valence-corrected chi connectivity index (χ3v) is 3.02. The van der Waals surface area contributed by atoms with Gasteiger partial charge in [0.05, 0.1) is 11.1 Å². The molecule has 0 saturated heterocycles. The molecule has 120 valence electrons. The molecule has 2 rings (SSSR count). The van der Waals surface area contributed by atoms with Gasteiger partial charge in [-0.25, -0.2) is 19.0 Å². The Bertz CT molecular complexity index is 822. The molecule has 0 aromatic carbocycles. The van der Waals surface area contributed by atoms with Gasteiger partial charge in [0.2, 0.25) is 6.79 Å². The summed E-state index contributed by atoms with van der Waals surface area (Å²) in [6, 6.07) is 0. The van der Waals surface area contributed by atoms with Gasteiger partial charge in [-0.15, -0.1) is 0 Å². The first-order valence-electron chi connectivity index (χ1n) is 5.75. The second-order valence-electron chi connectivity index (χ2n) is 4.13. The van der Waals surface area contributed by atoms with Crippen molar-refractivity contribution in [2.75, 3.05) is 12.1 Å². The molecule has 0 bridgehead atoms. The van der Waals surface area contributed by atoms with Gasteiger partial charge in [0.1, 0.15) is 5.52 Å². The standard InChI is InChI=1S/C9H12N5O7P/c1-4-5-6(14(2)13-4)7(11-12-8(5)15)10-9(16)20-3-21-22(17,18)19/h3H2,1-2H3,(H,12,15)(H,10,11,16)(H2,17,18,19). The number of H-pyrrole nitrogens is 1. The zero-order valence-corrected chi connectivity index (χ0v) is 12.3. The SMILES string of the molecule is Cc1nn(C)c2c(NC(=O)OCOP(=O)(O)O)n[nH]c(=O)c12. The Morgan fingerprint density at radius 3 is 2.82 bits per heavy atom. The number of phosphoric acid groups is 1. The van der Waals surface area contributed by atoms with Crippen molar-refractivity contribution in [3.63, 3.8) is 0 Å². The van der Waals surface area contributed by atoms with Crippen LogP contribution in [0.25, 0.3) is 10.9 Å². The maximum absolute atomic E-state index is 11.7. The first-order chi connectivity index (χ1) is 10.2. The predicted octanol–water partition coefficient (Wildman–Crippen LogP) is -0.420. The van der Waals surface area contributed by atoms with Gasteiger partial charge in [0.15, 0.2) is 5.82 Å². The highest BCUT2D eigenvalue weighted by molar-refractivity contribution is 7.46. The first-order valence-corrected chi connectivity index (χ1v) is 7.28. The number of carbonyl (C=O) groups is 1. The molecular weight excluding hydrogens is 321 g/mol. The van der Waals surface area contributed by atoms with Crippen LogP contribution in [0, 0.1) is 6.92 Å². The molecule has 0 aliphatic heterocycles. The second kappa shape index (κ2) is 5.85. The number of hydrogen-bond acceptors (Lipinski definition) is 7. The number of phosphoric ester groups is 1. The Hall–Kier alpha value is -2.27. The fourth-order valence-corrected chi connectivity index (χ4v) is 1.98. The van der Waals surface area contributed by atoms with Crippen molar-refractivity contribution >= 4 is 30.6 Å². The molecule has 0 aliphatic rings. The summed E-state index contributed by atoms with van der Waals surface area (Å²) in [6.07, 6.45) is -1.08. The molecule has 0 spiro atoms. The lowest BCUT2D eigenvalue weighted by Crippen LogP contribution is -2.19. The lowest BCUT2D eigenvalue weighted by molar-refractivity contribution is 0.0470. The van der Waals surface area contributed by atoms with Crippen molar-refractivity contribution in [1.29, 1.82) is 0 Å². The van der Waals surface area contributed by atoms with E-state index in [1.807, 2.05) is 0 Å². The van der Waals surface area contributed by atoms with Gasteiger partial charge in [0.25, 0.3) is 5.56 Å². The number of fused-ring (bicyclic) bond motifs is 1. The fraction of sp³-hybridized carbons (Fsp3) is 0.333. The molecule has 4 N–H and O–H groups in total. The van der Waals surface area contributed by atoms with E-state index < -0.39 is 26.3 Å². The van der Waals surface area contributed by atoms with Gasteiger partial charge < -0.3 is 14.5 Å². The molecule has 0 saturated carbocycles. The number of nitrogens with one attached hydrogen (secondary N) is 2. The molecule has 0 radical (unpaired) electrons. The van der Waals surface area contributed by atoms with Crippen LogP contribution in [-0.4, -0.2) is 42.7 Å². The molecule has 1 amide bonds. The minimum absolute atomic E-state index is 0.0288. The molecule has 0 fully saturated rings. The van der Waals surface area contributed by atoms with Gasteiger partial charge in [0, 0.05) is 7.05 Å². The van der Waals surface area contributed by atoms with Crippen LogP contribution in [0.2, 0.25) is 0 Å². The van der Waals surface area contributed by atoms with Crippen LogP contribution in [-0.2, 0) is 20.9 Å². The van der Waals surface area contributed by atoms with Crippen molar-refractivity contribution < 1.29 is 28.4 Å². The second-order valence-corrected chi connectivity index (χ2v) is 5.37. The van der Waals surface area contributed by atoms with E-state index in [1.54, 1.807) is 14.0 Å². The van der Waals surface area contributed by atoms with E-state index >= 15 is 0 Å². The zero-order chi connectivity index (χ0) is 16.5. The Kier molecular flexibility index (Phi) is 4.28. The maximum Gasteiger partial charge on any atom is 0.472 e. The van der Waals surface area contributed by atoms with E-state index in [-0.39, 0.29) is 16.7 Å².